The van der Waals surface area contributed by atoms with Crippen LogP contribution in [0.1, 0.15) is 0 Å². The molecule has 0 radical (unpaired) electrons. The largest absolute Gasteiger partial charge is 0.382 e. The van der Waals surface area contributed by atoms with Crippen LogP contribution in [0.3, 0.4) is 0 Å². The number of halogens is 2. The van der Waals surface area contributed by atoms with Gasteiger partial charge in [0.1, 0.15) is 5.82 Å². The molecule has 4 aromatic rings. The van der Waals surface area contributed by atoms with Gasteiger partial charge in [0.2, 0.25) is 0 Å². The van der Waals surface area contributed by atoms with E-state index in [1.807, 2.05) is 18.2 Å². The van der Waals surface area contributed by atoms with Crippen molar-refractivity contribution in [2.75, 3.05) is 10.6 Å². The molecule has 3 aromatic carbocycles. The van der Waals surface area contributed by atoms with E-state index in [4.69, 9.17) is 23.1 Å². The number of primary amides is 1. The van der Waals surface area contributed by atoms with Gasteiger partial charge in [0.15, 0.2) is 5.82 Å². The number of carbonyl (C=O) groups is 1. The van der Waals surface area contributed by atoms with Gasteiger partial charge in [0.05, 0.1) is 22.3 Å². The van der Waals surface area contributed by atoms with E-state index in [-0.39, 0.29) is 5.69 Å². The Balaban J connectivity index is 1.83. The zero-order valence-corrected chi connectivity index (χ0v) is 15.2. The number of hydrogen-bond donors (Lipinski definition) is 3. The molecule has 0 unspecified atom stereocenters. The monoisotopic (exact) mass is 395 g/mol. The Bertz CT molecular complexity index is 1210. The lowest BCUT2D eigenvalue weighted by atomic mass is 10.0. The molecule has 0 saturated carbocycles. The zero-order valence-electron chi connectivity index (χ0n) is 14.5. The summed E-state index contributed by atoms with van der Waals surface area (Å²) in [5.41, 5.74) is 13.9. The molecule has 6 nitrogen and oxygen atoms in total. The van der Waals surface area contributed by atoms with Gasteiger partial charge >= 0.3 is 6.03 Å². The number of benzene rings is 3. The minimum atomic E-state index is -0.824. The van der Waals surface area contributed by atoms with E-state index in [0.717, 1.165) is 16.0 Å². The Morgan fingerprint density at radius 1 is 1.11 bits per heavy atom. The molecule has 0 spiro atoms. The van der Waals surface area contributed by atoms with Crippen LogP contribution in [-0.4, -0.2) is 16.2 Å². The minimum Gasteiger partial charge on any atom is -0.382 e. The molecule has 8 heteroatoms. The maximum atomic E-state index is 15.0. The standard InChI is InChI=1S/C20H15ClFN5O/c21-12-3-1-4-13(10-12)27(20(24)28)17-8-7-11(9-15(17)22)14-5-2-6-16-18(14)19(23)26-25-16/h1-10H,(H2,24,28)(H3,23,25,26). The normalized spacial score (nSPS) is 10.9. The molecule has 2 amide bonds. The van der Waals surface area contributed by atoms with Crippen LogP contribution < -0.4 is 16.4 Å². The summed E-state index contributed by atoms with van der Waals surface area (Å²) >= 11 is 5.99. The third-order valence-electron chi connectivity index (χ3n) is 4.40. The van der Waals surface area contributed by atoms with E-state index >= 15 is 4.39 Å². The fourth-order valence-electron chi connectivity index (χ4n) is 3.19. The highest BCUT2D eigenvalue weighted by molar-refractivity contribution is 6.31. The van der Waals surface area contributed by atoms with E-state index in [1.54, 1.807) is 24.3 Å². The highest BCUT2D eigenvalue weighted by Gasteiger charge is 2.20. The molecule has 1 aromatic heterocycles. The van der Waals surface area contributed by atoms with Gasteiger partial charge in [0, 0.05) is 5.02 Å². The predicted molar refractivity (Wildman–Crippen MR) is 109 cm³/mol. The number of urea groups is 1. The van der Waals surface area contributed by atoms with Crippen molar-refractivity contribution < 1.29 is 9.18 Å². The van der Waals surface area contributed by atoms with Crippen molar-refractivity contribution in [3.63, 3.8) is 0 Å². The first-order chi connectivity index (χ1) is 13.5. The van der Waals surface area contributed by atoms with Crippen molar-refractivity contribution in [1.82, 2.24) is 10.2 Å². The van der Waals surface area contributed by atoms with Crippen molar-refractivity contribution in [1.29, 1.82) is 0 Å². The summed E-state index contributed by atoms with van der Waals surface area (Å²) in [7, 11) is 0. The molecule has 140 valence electrons. The van der Waals surface area contributed by atoms with E-state index in [9.17, 15) is 4.79 Å². The molecule has 0 bridgehead atoms. The van der Waals surface area contributed by atoms with Crippen molar-refractivity contribution >= 4 is 45.7 Å². The minimum absolute atomic E-state index is 0.0193. The number of fused-ring (bicyclic) bond motifs is 1. The average Bonchev–Trinajstić information content (AvgIpc) is 3.04. The smallest absolute Gasteiger partial charge is 0.323 e. The van der Waals surface area contributed by atoms with Crippen LogP contribution in [0.15, 0.2) is 60.7 Å². The Morgan fingerprint density at radius 2 is 1.89 bits per heavy atom. The topological polar surface area (TPSA) is 101 Å². The van der Waals surface area contributed by atoms with Gasteiger partial charge in [0.25, 0.3) is 0 Å². The van der Waals surface area contributed by atoms with Crippen LogP contribution in [0.25, 0.3) is 22.0 Å². The Morgan fingerprint density at radius 3 is 2.61 bits per heavy atom. The highest BCUT2D eigenvalue weighted by atomic mass is 35.5. The number of H-pyrrole nitrogens is 1. The van der Waals surface area contributed by atoms with E-state index in [1.165, 1.54) is 18.2 Å². The van der Waals surface area contributed by atoms with Crippen molar-refractivity contribution in [2.24, 2.45) is 5.73 Å². The average molecular weight is 396 g/mol. The molecule has 0 saturated heterocycles. The summed E-state index contributed by atoms with van der Waals surface area (Å²) in [6, 6.07) is 15.6. The Hall–Kier alpha value is -3.58. The fraction of sp³-hybridized carbons (Fsp3) is 0. The lowest BCUT2D eigenvalue weighted by Gasteiger charge is -2.22. The third kappa shape index (κ3) is 3.01. The molecule has 0 aliphatic heterocycles. The quantitative estimate of drug-likeness (QED) is 0.463. The van der Waals surface area contributed by atoms with Gasteiger partial charge in [-0.3, -0.25) is 10.00 Å². The second-order valence-corrected chi connectivity index (χ2v) is 6.59. The van der Waals surface area contributed by atoms with Crippen LogP contribution in [0.5, 0.6) is 0 Å². The number of nitrogens with two attached hydrogens (primary N) is 2. The number of nitrogens with one attached hydrogen (secondary N) is 1. The van der Waals surface area contributed by atoms with Crippen molar-refractivity contribution in [3.05, 3.63) is 71.5 Å². The molecule has 0 atom stereocenters. The first kappa shape index (κ1) is 17.8. The summed E-state index contributed by atoms with van der Waals surface area (Å²) in [4.78, 5) is 13.1. The van der Waals surface area contributed by atoms with Crippen LogP contribution >= 0.6 is 11.6 Å². The molecular formula is C20H15ClFN5O. The molecule has 0 aliphatic rings. The van der Waals surface area contributed by atoms with Gasteiger partial charge in [-0.15, -0.1) is 0 Å². The first-order valence-corrected chi connectivity index (χ1v) is 8.71. The fourth-order valence-corrected chi connectivity index (χ4v) is 3.38. The Kier molecular flexibility index (Phi) is 4.37. The van der Waals surface area contributed by atoms with Gasteiger partial charge < -0.3 is 11.5 Å². The summed E-state index contributed by atoms with van der Waals surface area (Å²) < 4.78 is 15.0. The number of hydrogen-bond acceptors (Lipinski definition) is 3. The van der Waals surface area contributed by atoms with Crippen LogP contribution in [0, 0.1) is 5.82 Å². The molecule has 28 heavy (non-hydrogen) atoms. The van der Waals surface area contributed by atoms with Crippen molar-refractivity contribution in [2.45, 2.75) is 0 Å². The number of amides is 2. The van der Waals surface area contributed by atoms with Crippen molar-refractivity contribution in [3.8, 4) is 11.1 Å². The number of rotatable bonds is 3. The zero-order chi connectivity index (χ0) is 19.8. The van der Waals surface area contributed by atoms with E-state index < -0.39 is 11.8 Å². The van der Waals surface area contributed by atoms with Crippen LogP contribution in [-0.2, 0) is 0 Å². The second-order valence-electron chi connectivity index (χ2n) is 6.16. The summed E-state index contributed by atoms with van der Waals surface area (Å²) in [6.45, 7) is 0. The van der Waals surface area contributed by atoms with E-state index in [0.29, 0.717) is 27.5 Å². The second kappa shape index (κ2) is 6.86. The molecular weight excluding hydrogens is 381 g/mol. The van der Waals surface area contributed by atoms with Gasteiger partial charge in [-0.25, -0.2) is 9.18 Å². The number of aromatic amines is 1. The van der Waals surface area contributed by atoms with Crippen LogP contribution in [0.4, 0.5) is 26.4 Å². The first-order valence-electron chi connectivity index (χ1n) is 8.33. The number of nitrogens with zero attached hydrogens (tertiary/aromatic N) is 2. The third-order valence-corrected chi connectivity index (χ3v) is 4.64. The molecule has 0 aliphatic carbocycles. The van der Waals surface area contributed by atoms with Gasteiger partial charge in [-0.1, -0.05) is 35.9 Å². The number of nitrogen functional groups attached to an aromatic ring is 1. The Labute approximate surface area is 164 Å². The SMILES string of the molecule is NC(=O)N(c1cccc(Cl)c1)c1ccc(-c2cccc3[nH]nc(N)c23)cc1F. The predicted octanol–water partition coefficient (Wildman–Crippen LogP) is 4.82. The number of aromatic nitrogens is 2. The molecule has 1 heterocycles. The highest BCUT2D eigenvalue weighted by Crippen LogP contribution is 2.35. The summed E-state index contributed by atoms with van der Waals surface area (Å²) in [5, 5.41) is 7.94. The summed E-state index contributed by atoms with van der Waals surface area (Å²) in [5.74, 6) is -0.289. The maximum absolute atomic E-state index is 15.0. The number of carbonyl (C=O) groups excluding carboxylic acids is 1. The molecule has 5 N–H and O–H groups in total. The maximum Gasteiger partial charge on any atom is 0.323 e. The lowest BCUT2D eigenvalue weighted by molar-refractivity contribution is 0.256. The molecule has 4 rings (SSSR count). The van der Waals surface area contributed by atoms with Gasteiger partial charge in [-0.2, -0.15) is 5.10 Å². The number of anilines is 3. The molecule has 0 fully saturated rings. The summed E-state index contributed by atoms with van der Waals surface area (Å²) in [6.07, 6.45) is 0. The van der Waals surface area contributed by atoms with Gasteiger partial charge in [-0.05, 0) is 47.5 Å². The van der Waals surface area contributed by atoms with Crippen LogP contribution in [0.2, 0.25) is 5.02 Å². The lowest BCUT2D eigenvalue weighted by Crippen LogP contribution is -2.32. The van der Waals surface area contributed by atoms with E-state index in [2.05, 4.69) is 10.2 Å².